The summed E-state index contributed by atoms with van der Waals surface area (Å²) in [6.07, 6.45) is 2.48. The van der Waals surface area contributed by atoms with Crippen molar-refractivity contribution < 1.29 is 18.7 Å². The van der Waals surface area contributed by atoms with Gasteiger partial charge in [-0.1, -0.05) is 0 Å². The second kappa shape index (κ2) is 7.06. The van der Waals surface area contributed by atoms with Crippen LogP contribution in [0.15, 0.2) is 22.8 Å². The number of nitrogens with one attached hydrogen (secondary N) is 2. The number of hydrogen-bond acceptors (Lipinski definition) is 5. The fraction of sp³-hybridized carbons (Fsp3) is 0.538. The molecule has 2 rings (SSSR count). The Morgan fingerprint density at radius 2 is 2.10 bits per heavy atom. The molecular formula is C13H19N3O4. The lowest BCUT2D eigenvalue weighted by molar-refractivity contribution is -0.131. The van der Waals surface area contributed by atoms with Crippen molar-refractivity contribution in [3.63, 3.8) is 0 Å². The number of hydrogen-bond donors (Lipinski definition) is 3. The molecule has 1 aliphatic rings. The Morgan fingerprint density at radius 3 is 2.75 bits per heavy atom. The molecule has 0 spiro atoms. The maximum absolute atomic E-state index is 11.8. The van der Waals surface area contributed by atoms with E-state index in [1.807, 2.05) is 0 Å². The van der Waals surface area contributed by atoms with E-state index in [0.29, 0.717) is 26.1 Å². The van der Waals surface area contributed by atoms with Crippen LogP contribution in [0.25, 0.3) is 0 Å². The van der Waals surface area contributed by atoms with Crippen molar-refractivity contribution in [3.8, 4) is 0 Å². The normalized spacial score (nSPS) is 21.6. The minimum Gasteiger partial charge on any atom is -0.459 e. The van der Waals surface area contributed by atoms with Gasteiger partial charge < -0.3 is 25.5 Å². The molecule has 0 saturated carbocycles. The van der Waals surface area contributed by atoms with Crippen LogP contribution in [0.5, 0.6) is 0 Å². The first-order chi connectivity index (χ1) is 9.70. The Kier molecular flexibility index (Phi) is 5.14. The summed E-state index contributed by atoms with van der Waals surface area (Å²) in [6.45, 7) is 1.11. The van der Waals surface area contributed by atoms with Crippen LogP contribution in [-0.4, -0.2) is 43.7 Å². The number of carbonyl (C=O) groups excluding carboxylic acids is 2. The lowest BCUT2D eigenvalue weighted by Crippen LogP contribution is -2.40. The van der Waals surface area contributed by atoms with Crippen LogP contribution in [0.3, 0.4) is 0 Å². The zero-order chi connectivity index (χ0) is 14.4. The van der Waals surface area contributed by atoms with Gasteiger partial charge in [0.15, 0.2) is 5.76 Å². The third-order valence-corrected chi connectivity index (χ3v) is 3.12. The lowest BCUT2D eigenvalue weighted by atomic mass is 10.2. The molecule has 1 aromatic heterocycles. The highest BCUT2D eigenvalue weighted by molar-refractivity contribution is 5.91. The first kappa shape index (κ1) is 14.5. The number of rotatable bonds is 6. The average molecular weight is 281 g/mol. The van der Waals surface area contributed by atoms with E-state index in [-0.39, 0.29) is 23.7 Å². The molecular weight excluding hydrogens is 262 g/mol. The second-order valence-electron chi connectivity index (χ2n) is 4.58. The number of amides is 2. The van der Waals surface area contributed by atoms with Crippen molar-refractivity contribution in [2.75, 3.05) is 19.6 Å². The van der Waals surface area contributed by atoms with E-state index in [1.54, 1.807) is 12.1 Å². The van der Waals surface area contributed by atoms with Gasteiger partial charge in [0.05, 0.1) is 12.4 Å². The molecule has 0 bridgehead atoms. The number of carbonyl (C=O) groups is 2. The molecule has 1 saturated heterocycles. The molecule has 0 unspecified atom stereocenters. The van der Waals surface area contributed by atoms with Gasteiger partial charge in [-0.25, -0.2) is 0 Å². The highest BCUT2D eigenvalue weighted by atomic mass is 16.5. The van der Waals surface area contributed by atoms with Gasteiger partial charge in [0, 0.05) is 19.6 Å². The maximum atomic E-state index is 11.8. The number of furan rings is 1. The zero-order valence-corrected chi connectivity index (χ0v) is 11.1. The van der Waals surface area contributed by atoms with Gasteiger partial charge in [0.25, 0.3) is 5.91 Å². The molecule has 1 fully saturated rings. The first-order valence-electron chi connectivity index (χ1n) is 6.65. The van der Waals surface area contributed by atoms with Crippen LogP contribution in [0.4, 0.5) is 0 Å². The highest BCUT2D eigenvalue weighted by Crippen LogP contribution is 2.18. The Morgan fingerprint density at radius 1 is 1.30 bits per heavy atom. The summed E-state index contributed by atoms with van der Waals surface area (Å²) in [6, 6.07) is 3.22. The smallest absolute Gasteiger partial charge is 0.287 e. The van der Waals surface area contributed by atoms with Gasteiger partial charge in [-0.15, -0.1) is 0 Å². The molecule has 1 aliphatic heterocycles. The minimum atomic E-state index is -0.427. The van der Waals surface area contributed by atoms with Crippen molar-refractivity contribution >= 4 is 11.8 Å². The molecule has 20 heavy (non-hydrogen) atoms. The van der Waals surface area contributed by atoms with E-state index in [4.69, 9.17) is 14.9 Å². The molecule has 2 atom stereocenters. The molecule has 2 amide bonds. The largest absolute Gasteiger partial charge is 0.459 e. The van der Waals surface area contributed by atoms with Crippen LogP contribution in [0, 0.1) is 0 Å². The van der Waals surface area contributed by atoms with E-state index in [0.717, 1.165) is 6.42 Å². The Labute approximate surface area is 116 Å². The minimum absolute atomic E-state index is 0.0237. The van der Waals surface area contributed by atoms with Gasteiger partial charge >= 0.3 is 0 Å². The summed E-state index contributed by atoms with van der Waals surface area (Å²) in [5.74, 6) is -0.209. The van der Waals surface area contributed by atoms with E-state index < -0.39 is 6.10 Å². The van der Waals surface area contributed by atoms with Crippen molar-refractivity contribution in [2.24, 2.45) is 5.73 Å². The third-order valence-electron chi connectivity index (χ3n) is 3.12. The van der Waals surface area contributed by atoms with Crippen molar-refractivity contribution in [3.05, 3.63) is 24.2 Å². The molecule has 0 aliphatic carbocycles. The quantitative estimate of drug-likeness (QED) is 0.617. The van der Waals surface area contributed by atoms with Gasteiger partial charge in [0.1, 0.15) is 6.10 Å². The van der Waals surface area contributed by atoms with E-state index in [2.05, 4.69) is 10.6 Å². The van der Waals surface area contributed by atoms with E-state index >= 15 is 0 Å². The van der Waals surface area contributed by atoms with Crippen molar-refractivity contribution in [2.45, 2.75) is 25.0 Å². The molecule has 2 heterocycles. The molecule has 0 radical (unpaired) electrons. The summed E-state index contributed by atoms with van der Waals surface area (Å²) in [5.41, 5.74) is 5.48. The Bertz CT molecular complexity index is 446. The Hall–Kier alpha value is -1.86. The summed E-state index contributed by atoms with van der Waals surface area (Å²) < 4.78 is 10.4. The van der Waals surface area contributed by atoms with Crippen LogP contribution in [0.2, 0.25) is 0 Å². The fourth-order valence-electron chi connectivity index (χ4n) is 2.04. The standard InChI is InChI=1S/C13H19N3O4/c14-8-9-3-4-11(20-9)13(18)16-6-5-15-12(17)10-2-1-7-19-10/h1-2,7,9,11H,3-6,8,14H2,(H,15,17)(H,16,18)/t9-,11+/m1/s1. The van der Waals surface area contributed by atoms with E-state index in [1.165, 1.54) is 6.26 Å². The average Bonchev–Trinajstić information content (AvgIpc) is 3.13. The lowest BCUT2D eigenvalue weighted by Gasteiger charge is -2.12. The monoisotopic (exact) mass is 281 g/mol. The second-order valence-corrected chi connectivity index (χ2v) is 4.58. The zero-order valence-electron chi connectivity index (χ0n) is 11.1. The van der Waals surface area contributed by atoms with Crippen LogP contribution >= 0.6 is 0 Å². The van der Waals surface area contributed by atoms with E-state index in [9.17, 15) is 9.59 Å². The molecule has 110 valence electrons. The Balaban J connectivity index is 1.61. The summed E-state index contributed by atoms with van der Waals surface area (Å²) >= 11 is 0. The fourth-order valence-corrected chi connectivity index (χ4v) is 2.04. The van der Waals surface area contributed by atoms with Crippen molar-refractivity contribution in [1.82, 2.24) is 10.6 Å². The molecule has 1 aromatic rings. The summed E-state index contributed by atoms with van der Waals surface area (Å²) in [4.78, 5) is 23.3. The van der Waals surface area contributed by atoms with Crippen LogP contribution in [-0.2, 0) is 9.53 Å². The third kappa shape index (κ3) is 3.82. The van der Waals surface area contributed by atoms with Crippen LogP contribution in [0.1, 0.15) is 23.4 Å². The highest BCUT2D eigenvalue weighted by Gasteiger charge is 2.29. The van der Waals surface area contributed by atoms with Gasteiger partial charge in [-0.3, -0.25) is 9.59 Å². The molecule has 0 aromatic carbocycles. The maximum Gasteiger partial charge on any atom is 0.287 e. The van der Waals surface area contributed by atoms with Gasteiger partial charge in [-0.2, -0.15) is 0 Å². The predicted octanol–water partition coefficient (Wildman–Crippen LogP) is -0.368. The number of ether oxygens (including phenoxy) is 1. The van der Waals surface area contributed by atoms with Crippen molar-refractivity contribution in [1.29, 1.82) is 0 Å². The molecule has 7 heteroatoms. The SMILES string of the molecule is NC[C@H]1CC[C@@H](C(=O)NCCNC(=O)c2ccco2)O1. The number of nitrogens with two attached hydrogens (primary N) is 1. The summed E-state index contributed by atoms with van der Waals surface area (Å²) in [7, 11) is 0. The molecule has 4 N–H and O–H groups in total. The van der Waals surface area contributed by atoms with Gasteiger partial charge in [-0.05, 0) is 25.0 Å². The topological polar surface area (TPSA) is 107 Å². The molecule has 7 nitrogen and oxygen atoms in total. The first-order valence-corrected chi connectivity index (χ1v) is 6.65. The van der Waals surface area contributed by atoms with Crippen LogP contribution < -0.4 is 16.4 Å². The summed E-state index contributed by atoms with van der Waals surface area (Å²) in [5, 5.41) is 5.36. The predicted molar refractivity (Wildman–Crippen MR) is 71.0 cm³/mol. The van der Waals surface area contributed by atoms with Gasteiger partial charge in [0.2, 0.25) is 5.91 Å².